The molecule has 3 heteroatoms. The van der Waals surface area contributed by atoms with Crippen LogP contribution in [0.2, 0.25) is 0 Å². The first-order valence-electron chi connectivity index (χ1n) is 8.10. The average molecular weight is 344 g/mol. The zero-order valence-corrected chi connectivity index (χ0v) is 14.3. The maximum atomic E-state index is 12.4. The standard InChI is InChI=1S/C22H16O2S/c23-22-19-8-4-5-9-20(19)25-21(22)14-16-10-12-18(13-11-16)24-15-17-6-2-1-3-7-17/h1-14H,15H2/b21-14+. The summed E-state index contributed by atoms with van der Waals surface area (Å²) in [4.78, 5) is 14.2. The molecule has 25 heavy (non-hydrogen) atoms. The van der Waals surface area contributed by atoms with Crippen LogP contribution in [0.1, 0.15) is 21.5 Å². The van der Waals surface area contributed by atoms with Crippen LogP contribution in [-0.4, -0.2) is 5.78 Å². The second kappa shape index (κ2) is 6.99. The van der Waals surface area contributed by atoms with Crippen LogP contribution in [0.25, 0.3) is 6.08 Å². The van der Waals surface area contributed by atoms with Crippen LogP contribution < -0.4 is 4.74 Å². The quantitative estimate of drug-likeness (QED) is 0.577. The topological polar surface area (TPSA) is 26.3 Å². The molecule has 0 radical (unpaired) electrons. The first kappa shape index (κ1) is 15.7. The number of hydrogen-bond acceptors (Lipinski definition) is 3. The Hall–Kier alpha value is -2.78. The largest absolute Gasteiger partial charge is 0.489 e. The lowest BCUT2D eigenvalue weighted by atomic mass is 10.1. The van der Waals surface area contributed by atoms with Crippen molar-refractivity contribution in [3.8, 4) is 5.75 Å². The number of allylic oxidation sites excluding steroid dienone is 1. The molecular formula is C22H16O2S. The molecule has 0 spiro atoms. The summed E-state index contributed by atoms with van der Waals surface area (Å²) in [5, 5.41) is 0. The van der Waals surface area contributed by atoms with Gasteiger partial charge >= 0.3 is 0 Å². The third-order valence-corrected chi connectivity index (χ3v) is 5.10. The van der Waals surface area contributed by atoms with Gasteiger partial charge in [-0.05, 0) is 41.5 Å². The summed E-state index contributed by atoms with van der Waals surface area (Å²) >= 11 is 1.53. The molecule has 4 rings (SSSR count). The predicted octanol–water partition coefficient (Wildman–Crippen LogP) is 5.60. The van der Waals surface area contributed by atoms with Crippen molar-refractivity contribution in [2.24, 2.45) is 0 Å². The van der Waals surface area contributed by atoms with Gasteiger partial charge in [-0.25, -0.2) is 0 Å². The number of benzene rings is 3. The van der Waals surface area contributed by atoms with Crippen molar-refractivity contribution in [2.45, 2.75) is 11.5 Å². The maximum absolute atomic E-state index is 12.4. The molecule has 0 bridgehead atoms. The summed E-state index contributed by atoms with van der Waals surface area (Å²) < 4.78 is 5.80. The van der Waals surface area contributed by atoms with Gasteiger partial charge in [0.15, 0.2) is 0 Å². The Labute approximate surface area is 151 Å². The van der Waals surface area contributed by atoms with E-state index < -0.39 is 0 Å². The van der Waals surface area contributed by atoms with Crippen LogP contribution in [0.4, 0.5) is 0 Å². The summed E-state index contributed by atoms with van der Waals surface area (Å²) in [6.45, 7) is 0.547. The van der Waals surface area contributed by atoms with Gasteiger partial charge < -0.3 is 4.74 Å². The number of Topliss-reactive ketones (excluding diaryl/α,β-unsaturated/α-hetero) is 1. The van der Waals surface area contributed by atoms with Gasteiger partial charge in [-0.2, -0.15) is 0 Å². The maximum Gasteiger partial charge on any atom is 0.200 e. The lowest BCUT2D eigenvalue weighted by Crippen LogP contribution is -1.95. The summed E-state index contributed by atoms with van der Waals surface area (Å²) in [7, 11) is 0. The fourth-order valence-corrected chi connectivity index (χ4v) is 3.74. The molecule has 122 valence electrons. The van der Waals surface area contributed by atoms with E-state index in [0.29, 0.717) is 6.61 Å². The van der Waals surface area contributed by atoms with E-state index in [1.54, 1.807) is 0 Å². The number of carbonyl (C=O) groups excluding carboxylic acids is 1. The molecule has 0 saturated heterocycles. The molecule has 3 aromatic carbocycles. The highest BCUT2D eigenvalue weighted by Crippen LogP contribution is 2.40. The molecule has 1 heterocycles. The third-order valence-electron chi connectivity index (χ3n) is 4.00. The Morgan fingerprint density at radius 1 is 0.840 bits per heavy atom. The predicted molar refractivity (Wildman–Crippen MR) is 102 cm³/mol. The number of hydrogen-bond donors (Lipinski definition) is 0. The molecule has 0 aromatic heterocycles. The second-order valence-electron chi connectivity index (χ2n) is 5.78. The molecule has 1 aliphatic rings. The number of thioether (sulfide) groups is 1. The Balaban J connectivity index is 1.45. The van der Waals surface area contributed by atoms with Crippen LogP contribution in [0.15, 0.2) is 88.7 Å². The van der Waals surface area contributed by atoms with Crippen molar-refractivity contribution in [2.75, 3.05) is 0 Å². The van der Waals surface area contributed by atoms with Gasteiger partial charge in [0.05, 0.1) is 4.91 Å². The number of ether oxygens (including phenoxy) is 1. The second-order valence-corrected chi connectivity index (χ2v) is 6.86. The zero-order chi connectivity index (χ0) is 17.1. The molecule has 0 unspecified atom stereocenters. The van der Waals surface area contributed by atoms with Crippen LogP contribution in [0.3, 0.4) is 0 Å². The van der Waals surface area contributed by atoms with Gasteiger partial charge in [-0.15, -0.1) is 0 Å². The van der Waals surface area contributed by atoms with E-state index in [2.05, 4.69) is 0 Å². The van der Waals surface area contributed by atoms with Crippen molar-refractivity contribution in [3.05, 3.63) is 100 Å². The smallest absolute Gasteiger partial charge is 0.200 e. The van der Waals surface area contributed by atoms with Crippen molar-refractivity contribution in [3.63, 3.8) is 0 Å². The van der Waals surface area contributed by atoms with E-state index in [1.807, 2.05) is 84.9 Å². The summed E-state index contributed by atoms with van der Waals surface area (Å²) in [5.41, 5.74) is 2.93. The van der Waals surface area contributed by atoms with Gasteiger partial charge in [0.25, 0.3) is 0 Å². The minimum Gasteiger partial charge on any atom is -0.489 e. The van der Waals surface area contributed by atoms with Gasteiger partial charge in [0.2, 0.25) is 5.78 Å². The lowest BCUT2D eigenvalue weighted by Gasteiger charge is -2.06. The first-order chi connectivity index (χ1) is 12.3. The van der Waals surface area contributed by atoms with E-state index in [0.717, 1.165) is 32.2 Å². The molecule has 2 nitrogen and oxygen atoms in total. The molecule has 0 fully saturated rings. The molecule has 0 amide bonds. The first-order valence-corrected chi connectivity index (χ1v) is 8.91. The van der Waals surface area contributed by atoms with Crippen molar-refractivity contribution >= 4 is 23.6 Å². The molecule has 0 atom stereocenters. The number of carbonyl (C=O) groups is 1. The monoisotopic (exact) mass is 344 g/mol. The fourth-order valence-electron chi connectivity index (χ4n) is 2.69. The molecule has 0 saturated carbocycles. The van der Waals surface area contributed by atoms with Crippen LogP contribution in [0, 0.1) is 0 Å². The van der Waals surface area contributed by atoms with Crippen LogP contribution >= 0.6 is 11.8 Å². The van der Waals surface area contributed by atoms with Crippen LogP contribution in [0.5, 0.6) is 5.75 Å². The SMILES string of the molecule is O=C1/C(=C\c2ccc(OCc3ccccc3)cc2)Sc2ccccc21. The molecule has 1 aliphatic heterocycles. The van der Waals surface area contributed by atoms with Gasteiger partial charge in [-0.3, -0.25) is 4.79 Å². The third kappa shape index (κ3) is 3.52. The highest BCUT2D eigenvalue weighted by Gasteiger charge is 2.24. The van der Waals surface area contributed by atoms with Gasteiger partial charge in [0, 0.05) is 10.5 Å². The Morgan fingerprint density at radius 3 is 2.32 bits per heavy atom. The van der Waals surface area contributed by atoms with E-state index >= 15 is 0 Å². The molecular weight excluding hydrogens is 328 g/mol. The van der Waals surface area contributed by atoms with E-state index in [1.165, 1.54) is 11.8 Å². The summed E-state index contributed by atoms with van der Waals surface area (Å²) in [6, 6.07) is 25.6. The molecule has 3 aromatic rings. The van der Waals surface area contributed by atoms with E-state index in [9.17, 15) is 4.79 Å². The number of fused-ring (bicyclic) bond motifs is 1. The van der Waals surface area contributed by atoms with Gasteiger partial charge in [-0.1, -0.05) is 66.4 Å². The van der Waals surface area contributed by atoms with Crippen molar-refractivity contribution in [1.29, 1.82) is 0 Å². The number of rotatable bonds is 4. The fraction of sp³-hybridized carbons (Fsp3) is 0.0455. The van der Waals surface area contributed by atoms with Crippen molar-refractivity contribution < 1.29 is 9.53 Å². The van der Waals surface area contributed by atoms with E-state index in [-0.39, 0.29) is 5.78 Å². The van der Waals surface area contributed by atoms with Gasteiger partial charge in [0.1, 0.15) is 12.4 Å². The molecule has 0 aliphatic carbocycles. The molecule has 0 N–H and O–H groups in total. The summed E-state index contributed by atoms with van der Waals surface area (Å²) in [5.74, 6) is 0.921. The Kier molecular flexibility index (Phi) is 4.40. The average Bonchev–Trinajstić information content (AvgIpc) is 2.98. The normalized spacial score (nSPS) is 14.6. The Morgan fingerprint density at radius 2 is 1.56 bits per heavy atom. The van der Waals surface area contributed by atoms with Crippen LogP contribution in [-0.2, 0) is 6.61 Å². The highest BCUT2D eigenvalue weighted by atomic mass is 32.2. The lowest BCUT2D eigenvalue weighted by molar-refractivity contribution is 0.104. The minimum atomic E-state index is 0.102. The Bertz CT molecular complexity index is 928. The summed E-state index contributed by atoms with van der Waals surface area (Å²) in [6.07, 6.45) is 1.94. The number of ketones is 1. The highest BCUT2D eigenvalue weighted by molar-refractivity contribution is 8.04. The minimum absolute atomic E-state index is 0.102. The van der Waals surface area contributed by atoms with E-state index in [4.69, 9.17) is 4.74 Å². The zero-order valence-electron chi connectivity index (χ0n) is 13.5. The van der Waals surface area contributed by atoms with Crippen molar-refractivity contribution in [1.82, 2.24) is 0 Å².